The van der Waals surface area contributed by atoms with Crippen molar-refractivity contribution in [3.05, 3.63) is 76.1 Å². The average molecular weight is 393 g/mol. The molecule has 2 heterocycles. The van der Waals surface area contributed by atoms with E-state index < -0.39 is 5.92 Å². The summed E-state index contributed by atoms with van der Waals surface area (Å²) in [6, 6.07) is 17.2. The average Bonchev–Trinajstić information content (AvgIpc) is 3.11. The zero-order valence-electron chi connectivity index (χ0n) is 15.1. The Morgan fingerprint density at radius 1 is 1.25 bits per heavy atom. The lowest BCUT2D eigenvalue weighted by Crippen LogP contribution is -2.21. The highest BCUT2D eigenvalue weighted by molar-refractivity contribution is 6.33. The molecule has 1 atom stereocenters. The zero-order chi connectivity index (χ0) is 19.7. The number of rotatable bonds is 4. The van der Waals surface area contributed by atoms with E-state index in [0.29, 0.717) is 40.1 Å². The van der Waals surface area contributed by atoms with Crippen molar-refractivity contribution in [1.82, 2.24) is 10.2 Å². The summed E-state index contributed by atoms with van der Waals surface area (Å²) in [5.74, 6) is 0.530. The quantitative estimate of drug-likeness (QED) is 0.688. The van der Waals surface area contributed by atoms with E-state index in [1.54, 1.807) is 6.07 Å². The maximum atomic E-state index is 9.83. The van der Waals surface area contributed by atoms with Gasteiger partial charge in [0.15, 0.2) is 0 Å². The molecule has 0 radical (unpaired) electrons. The van der Waals surface area contributed by atoms with E-state index in [1.165, 1.54) is 0 Å². The molecule has 0 bridgehead atoms. The van der Waals surface area contributed by atoms with Crippen LogP contribution in [0.3, 0.4) is 0 Å². The van der Waals surface area contributed by atoms with Crippen molar-refractivity contribution >= 4 is 11.6 Å². The van der Waals surface area contributed by atoms with Crippen LogP contribution in [0, 0.1) is 11.3 Å². The van der Waals surface area contributed by atoms with E-state index in [9.17, 15) is 5.26 Å². The third-order valence-corrected chi connectivity index (χ3v) is 4.94. The van der Waals surface area contributed by atoms with Gasteiger partial charge in [0.2, 0.25) is 11.8 Å². The van der Waals surface area contributed by atoms with Crippen LogP contribution in [0.4, 0.5) is 0 Å². The number of benzene rings is 2. The van der Waals surface area contributed by atoms with Crippen LogP contribution >= 0.6 is 11.6 Å². The Labute approximate surface area is 167 Å². The topological polar surface area (TPSA) is 96.9 Å². The molecule has 3 N–H and O–H groups in total. The number of nitrogens with one attached hydrogen (secondary N) is 1. The number of nitrogens with two attached hydrogens (primary N) is 1. The van der Waals surface area contributed by atoms with Gasteiger partial charge in [0, 0.05) is 16.1 Å². The molecule has 7 heteroatoms. The van der Waals surface area contributed by atoms with Gasteiger partial charge in [0.1, 0.15) is 17.4 Å². The molecule has 6 nitrogen and oxygen atoms in total. The normalized spacial score (nSPS) is 15.5. The number of H-pyrrole nitrogens is 1. The van der Waals surface area contributed by atoms with Crippen molar-refractivity contribution in [2.75, 3.05) is 6.61 Å². The van der Waals surface area contributed by atoms with Crippen molar-refractivity contribution in [3.63, 3.8) is 0 Å². The van der Waals surface area contributed by atoms with Gasteiger partial charge in [0.05, 0.1) is 23.8 Å². The molecule has 140 valence electrons. The first kappa shape index (κ1) is 18.0. The zero-order valence-corrected chi connectivity index (χ0v) is 15.8. The van der Waals surface area contributed by atoms with Crippen LogP contribution in [-0.4, -0.2) is 16.8 Å². The van der Waals surface area contributed by atoms with Gasteiger partial charge in [-0.1, -0.05) is 48.0 Å². The molecule has 2 aromatic carbocycles. The number of nitriles is 1. The van der Waals surface area contributed by atoms with Crippen LogP contribution in [-0.2, 0) is 0 Å². The predicted molar refractivity (Wildman–Crippen MR) is 106 cm³/mol. The van der Waals surface area contributed by atoms with E-state index >= 15 is 0 Å². The summed E-state index contributed by atoms with van der Waals surface area (Å²) in [5, 5.41) is 17.7. The Morgan fingerprint density at radius 3 is 2.75 bits per heavy atom. The number of hydrogen-bond acceptors (Lipinski definition) is 5. The van der Waals surface area contributed by atoms with Crippen LogP contribution in [0.2, 0.25) is 5.02 Å². The van der Waals surface area contributed by atoms with Gasteiger partial charge < -0.3 is 15.2 Å². The minimum absolute atomic E-state index is 0.0310. The molecule has 0 spiro atoms. The molecular formula is C21H17ClN4O2. The fourth-order valence-electron chi connectivity index (χ4n) is 3.43. The second-order valence-electron chi connectivity index (χ2n) is 6.19. The maximum absolute atomic E-state index is 9.83. The van der Waals surface area contributed by atoms with Crippen LogP contribution < -0.4 is 15.2 Å². The van der Waals surface area contributed by atoms with Gasteiger partial charge in [-0.3, -0.25) is 5.10 Å². The molecule has 1 aliphatic heterocycles. The third-order valence-electron chi connectivity index (χ3n) is 4.61. The lowest BCUT2D eigenvalue weighted by atomic mass is 9.82. The number of halogens is 1. The summed E-state index contributed by atoms with van der Waals surface area (Å²) in [6.07, 6.45) is 0. The van der Waals surface area contributed by atoms with Crippen molar-refractivity contribution in [2.24, 2.45) is 5.73 Å². The second kappa shape index (κ2) is 7.29. The van der Waals surface area contributed by atoms with E-state index in [1.807, 2.05) is 49.4 Å². The Bertz CT molecular complexity index is 1110. The number of allylic oxidation sites excluding steroid dienone is 1. The molecule has 0 amide bonds. The summed E-state index contributed by atoms with van der Waals surface area (Å²) in [7, 11) is 0. The molecule has 1 aliphatic rings. The minimum Gasteiger partial charge on any atom is -0.494 e. The van der Waals surface area contributed by atoms with Gasteiger partial charge in [-0.05, 0) is 19.1 Å². The van der Waals surface area contributed by atoms with Crippen molar-refractivity contribution in [1.29, 1.82) is 5.26 Å². The lowest BCUT2D eigenvalue weighted by Gasteiger charge is -2.25. The summed E-state index contributed by atoms with van der Waals surface area (Å²) in [5.41, 5.74) is 9.30. The first-order chi connectivity index (χ1) is 13.7. The molecule has 1 aromatic heterocycles. The highest BCUT2D eigenvalue weighted by Crippen LogP contribution is 2.48. The Morgan fingerprint density at radius 2 is 2.00 bits per heavy atom. The van der Waals surface area contributed by atoms with Crippen molar-refractivity contribution in [3.8, 4) is 29.0 Å². The molecule has 4 rings (SSSR count). The summed E-state index contributed by atoms with van der Waals surface area (Å²) < 4.78 is 11.4. The second-order valence-corrected chi connectivity index (χ2v) is 6.60. The maximum Gasteiger partial charge on any atom is 0.244 e. The number of nitrogens with zero attached hydrogens (tertiary/aromatic N) is 2. The van der Waals surface area contributed by atoms with Crippen molar-refractivity contribution < 1.29 is 9.47 Å². The van der Waals surface area contributed by atoms with Crippen molar-refractivity contribution in [2.45, 2.75) is 12.8 Å². The summed E-state index contributed by atoms with van der Waals surface area (Å²) in [4.78, 5) is 0. The van der Waals surface area contributed by atoms with E-state index in [2.05, 4.69) is 16.3 Å². The monoisotopic (exact) mass is 392 g/mol. The molecule has 1 unspecified atom stereocenters. The standard InChI is InChI=1S/C21H17ClN4O2/c1-2-27-16-10-6-4-8-13(16)17-14(11-23)20(24)28-21-18(17)19(25-26-21)12-7-3-5-9-15(12)22/h3-10,17H,2,24H2,1H3,(H,25,26). The minimum atomic E-state index is -0.499. The van der Waals surface area contributed by atoms with Gasteiger partial charge in [0.25, 0.3) is 0 Å². The Hall–Kier alpha value is -3.43. The number of aromatic amines is 1. The van der Waals surface area contributed by atoms with Gasteiger partial charge in [-0.25, -0.2) is 0 Å². The molecule has 0 fully saturated rings. The van der Waals surface area contributed by atoms with Crippen LogP contribution in [0.15, 0.2) is 60.0 Å². The SMILES string of the molecule is CCOc1ccccc1C1C(C#N)=C(N)Oc2n[nH]c(-c3ccccc3Cl)c21. The Kier molecular flexibility index (Phi) is 4.68. The fraction of sp³-hybridized carbons (Fsp3) is 0.143. The highest BCUT2D eigenvalue weighted by atomic mass is 35.5. The highest BCUT2D eigenvalue weighted by Gasteiger charge is 2.37. The summed E-state index contributed by atoms with van der Waals surface area (Å²) in [6.45, 7) is 2.41. The van der Waals surface area contributed by atoms with Gasteiger partial charge in [-0.15, -0.1) is 5.10 Å². The van der Waals surface area contributed by atoms with Gasteiger partial charge >= 0.3 is 0 Å². The number of fused-ring (bicyclic) bond motifs is 1. The smallest absolute Gasteiger partial charge is 0.244 e. The molecule has 0 saturated carbocycles. The molecule has 28 heavy (non-hydrogen) atoms. The first-order valence-electron chi connectivity index (χ1n) is 8.78. The fourth-order valence-corrected chi connectivity index (χ4v) is 3.66. The molecular weight excluding hydrogens is 376 g/mol. The lowest BCUT2D eigenvalue weighted by molar-refractivity contribution is 0.334. The van der Waals surface area contributed by atoms with Gasteiger partial charge in [-0.2, -0.15) is 5.26 Å². The van der Waals surface area contributed by atoms with E-state index in [-0.39, 0.29) is 5.88 Å². The van der Waals surface area contributed by atoms with Crippen LogP contribution in [0.1, 0.15) is 24.0 Å². The van der Waals surface area contributed by atoms with E-state index in [4.69, 9.17) is 26.8 Å². The third kappa shape index (κ3) is 2.86. The number of hydrogen-bond donors (Lipinski definition) is 2. The van der Waals surface area contributed by atoms with E-state index in [0.717, 1.165) is 11.1 Å². The molecule has 0 saturated heterocycles. The Balaban J connectivity index is 1.99. The largest absolute Gasteiger partial charge is 0.494 e. The number of aromatic nitrogens is 2. The number of para-hydroxylation sites is 1. The predicted octanol–water partition coefficient (Wildman–Crippen LogP) is 4.35. The molecule has 3 aromatic rings. The molecule has 0 aliphatic carbocycles. The summed E-state index contributed by atoms with van der Waals surface area (Å²) >= 11 is 6.42. The first-order valence-corrected chi connectivity index (χ1v) is 9.16. The van der Waals surface area contributed by atoms with Crippen LogP contribution in [0.5, 0.6) is 11.6 Å². The van der Waals surface area contributed by atoms with Crippen LogP contribution in [0.25, 0.3) is 11.3 Å². The number of ether oxygens (including phenoxy) is 2.